The third-order valence-corrected chi connectivity index (χ3v) is 5.54. The highest BCUT2D eigenvalue weighted by molar-refractivity contribution is 7.89. The van der Waals surface area contributed by atoms with E-state index in [0.717, 1.165) is 5.56 Å². The van der Waals surface area contributed by atoms with Gasteiger partial charge < -0.3 is 4.74 Å². The van der Waals surface area contributed by atoms with E-state index in [4.69, 9.17) is 4.74 Å². The molecule has 0 N–H and O–H groups in total. The van der Waals surface area contributed by atoms with Crippen LogP contribution in [0.15, 0.2) is 29.2 Å². The molecule has 0 bridgehead atoms. The van der Waals surface area contributed by atoms with Crippen molar-refractivity contribution in [3.05, 3.63) is 29.8 Å². The lowest BCUT2D eigenvalue weighted by Crippen LogP contribution is -2.41. The second-order valence-corrected chi connectivity index (χ2v) is 7.39. The first-order valence-corrected chi connectivity index (χ1v) is 8.55. The Kier molecular flexibility index (Phi) is 4.68. The third-order valence-electron chi connectivity index (χ3n) is 3.65. The highest BCUT2D eigenvalue weighted by Crippen LogP contribution is 2.30. The van der Waals surface area contributed by atoms with Gasteiger partial charge >= 0.3 is 5.97 Å². The van der Waals surface area contributed by atoms with E-state index < -0.39 is 22.0 Å². The van der Waals surface area contributed by atoms with Gasteiger partial charge in [0, 0.05) is 6.54 Å². The lowest BCUT2D eigenvalue weighted by atomic mass is 10.1. The second-order valence-electron chi connectivity index (χ2n) is 5.50. The van der Waals surface area contributed by atoms with Gasteiger partial charge in [0.2, 0.25) is 10.0 Å². The smallest absolute Gasteiger partial charge is 0.324 e. The molecule has 21 heavy (non-hydrogen) atoms. The van der Waals surface area contributed by atoms with E-state index in [1.54, 1.807) is 31.2 Å². The van der Waals surface area contributed by atoms with Gasteiger partial charge in [-0.1, -0.05) is 24.6 Å². The molecule has 1 heterocycles. The molecule has 1 saturated heterocycles. The van der Waals surface area contributed by atoms with Crippen molar-refractivity contribution < 1.29 is 17.9 Å². The van der Waals surface area contributed by atoms with Crippen LogP contribution in [0.5, 0.6) is 0 Å². The average molecular weight is 311 g/mol. The molecule has 6 heteroatoms. The minimum atomic E-state index is -3.67. The van der Waals surface area contributed by atoms with Gasteiger partial charge in [0.1, 0.15) is 6.04 Å². The molecule has 0 aromatic heterocycles. The van der Waals surface area contributed by atoms with Crippen LogP contribution in [-0.4, -0.2) is 37.9 Å². The summed E-state index contributed by atoms with van der Waals surface area (Å²) in [6.07, 6.45) is 0.504. The van der Waals surface area contributed by atoms with Gasteiger partial charge in [-0.3, -0.25) is 4.79 Å². The standard InChI is InChI=1S/C15H21NO4S/c1-4-20-15(17)14-9-12(3)10-16(14)21(18,19)13-7-5-11(2)6-8-13/h5-8,12,14H,4,9-10H2,1-3H3/t12-,14+/m0/s1. The van der Waals surface area contributed by atoms with Crippen molar-refractivity contribution in [1.29, 1.82) is 0 Å². The van der Waals surface area contributed by atoms with E-state index >= 15 is 0 Å². The minimum absolute atomic E-state index is 0.139. The van der Waals surface area contributed by atoms with Crippen LogP contribution in [0.2, 0.25) is 0 Å². The van der Waals surface area contributed by atoms with Crippen molar-refractivity contribution >= 4 is 16.0 Å². The number of ether oxygens (including phenoxy) is 1. The monoisotopic (exact) mass is 311 g/mol. The zero-order chi connectivity index (χ0) is 15.6. The number of sulfonamides is 1. The number of carbonyl (C=O) groups is 1. The SMILES string of the molecule is CCOC(=O)[C@H]1C[C@H](C)CN1S(=O)(=O)c1ccc(C)cc1. The number of nitrogens with zero attached hydrogens (tertiary/aromatic N) is 1. The van der Waals surface area contributed by atoms with Gasteiger partial charge in [-0.05, 0) is 38.3 Å². The molecule has 116 valence electrons. The highest BCUT2D eigenvalue weighted by atomic mass is 32.2. The first-order chi connectivity index (χ1) is 9.86. The molecule has 0 radical (unpaired) electrons. The van der Waals surface area contributed by atoms with Crippen LogP contribution in [0, 0.1) is 12.8 Å². The van der Waals surface area contributed by atoms with Gasteiger partial charge in [-0.2, -0.15) is 4.31 Å². The van der Waals surface area contributed by atoms with Gasteiger partial charge in [0.05, 0.1) is 11.5 Å². The van der Waals surface area contributed by atoms with Crippen molar-refractivity contribution in [2.45, 2.75) is 38.1 Å². The van der Waals surface area contributed by atoms with Crippen LogP contribution >= 0.6 is 0 Å². The van der Waals surface area contributed by atoms with Crippen LogP contribution < -0.4 is 0 Å². The van der Waals surface area contributed by atoms with Gasteiger partial charge in [0.25, 0.3) is 0 Å². The number of hydrogen-bond donors (Lipinski definition) is 0. The molecular weight excluding hydrogens is 290 g/mol. The maximum atomic E-state index is 12.7. The van der Waals surface area contributed by atoms with E-state index in [1.807, 2.05) is 13.8 Å². The summed E-state index contributed by atoms with van der Waals surface area (Å²) >= 11 is 0. The fourth-order valence-electron chi connectivity index (χ4n) is 2.57. The number of rotatable bonds is 4. The van der Waals surface area contributed by atoms with Crippen LogP contribution in [0.3, 0.4) is 0 Å². The van der Waals surface area contributed by atoms with Crippen molar-refractivity contribution in [2.75, 3.05) is 13.2 Å². The number of esters is 1. The van der Waals surface area contributed by atoms with Gasteiger partial charge in [-0.15, -0.1) is 0 Å². The molecule has 2 rings (SSSR count). The summed E-state index contributed by atoms with van der Waals surface area (Å²) in [6, 6.07) is 5.95. The van der Waals surface area contributed by atoms with E-state index in [-0.39, 0.29) is 17.4 Å². The Morgan fingerprint density at radius 2 is 1.95 bits per heavy atom. The Balaban J connectivity index is 2.33. The Morgan fingerprint density at radius 1 is 1.33 bits per heavy atom. The number of carbonyl (C=O) groups excluding carboxylic acids is 1. The molecule has 5 nitrogen and oxygen atoms in total. The van der Waals surface area contributed by atoms with Crippen LogP contribution in [0.1, 0.15) is 25.8 Å². The maximum absolute atomic E-state index is 12.7. The molecule has 1 fully saturated rings. The Hall–Kier alpha value is -1.40. The fraction of sp³-hybridized carbons (Fsp3) is 0.533. The molecule has 0 unspecified atom stereocenters. The molecule has 1 aliphatic rings. The van der Waals surface area contributed by atoms with E-state index in [9.17, 15) is 13.2 Å². The summed E-state index contributed by atoms with van der Waals surface area (Å²) in [5, 5.41) is 0. The predicted molar refractivity (Wildman–Crippen MR) is 79.3 cm³/mol. The highest BCUT2D eigenvalue weighted by Gasteiger charge is 2.43. The number of aryl methyl sites for hydroxylation is 1. The van der Waals surface area contributed by atoms with Crippen molar-refractivity contribution in [3.63, 3.8) is 0 Å². The first kappa shape index (κ1) is 16.0. The Labute approximate surface area is 126 Å². The summed E-state index contributed by atoms with van der Waals surface area (Å²) in [5.74, 6) is -0.322. The molecule has 0 amide bonds. The molecule has 0 spiro atoms. The Morgan fingerprint density at radius 3 is 2.52 bits per heavy atom. The second kappa shape index (κ2) is 6.15. The zero-order valence-electron chi connectivity index (χ0n) is 12.6. The van der Waals surface area contributed by atoms with E-state index in [1.165, 1.54) is 4.31 Å². The van der Waals surface area contributed by atoms with Crippen LogP contribution in [0.4, 0.5) is 0 Å². The summed E-state index contributed by atoms with van der Waals surface area (Å²) in [5.41, 5.74) is 0.991. The lowest BCUT2D eigenvalue weighted by molar-refractivity contribution is -0.146. The molecule has 2 atom stereocenters. The molecule has 0 saturated carbocycles. The third kappa shape index (κ3) is 3.27. The lowest BCUT2D eigenvalue weighted by Gasteiger charge is -2.22. The molecule has 1 aliphatic heterocycles. The first-order valence-electron chi connectivity index (χ1n) is 7.11. The maximum Gasteiger partial charge on any atom is 0.324 e. The largest absolute Gasteiger partial charge is 0.465 e. The molecule has 1 aromatic carbocycles. The van der Waals surface area contributed by atoms with Crippen molar-refractivity contribution in [3.8, 4) is 0 Å². The van der Waals surface area contributed by atoms with Gasteiger partial charge in [0.15, 0.2) is 0 Å². The predicted octanol–water partition coefficient (Wildman–Crippen LogP) is 1.96. The van der Waals surface area contributed by atoms with Crippen LogP contribution in [0.25, 0.3) is 0 Å². The number of benzene rings is 1. The normalized spacial score (nSPS) is 23.2. The molecular formula is C15H21NO4S. The zero-order valence-corrected chi connectivity index (χ0v) is 13.4. The summed E-state index contributed by atoms with van der Waals surface area (Å²) in [7, 11) is -3.67. The fourth-order valence-corrected chi connectivity index (χ4v) is 4.28. The van der Waals surface area contributed by atoms with Crippen molar-refractivity contribution in [1.82, 2.24) is 4.31 Å². The van der Waals surface area contributed by atoms with E-state index in [2.05, 4.69) is 0 Å². The Bertz CT molecular complexity index is 609. The summed E-state index contributed by atoms with van der Waals surface area (Å²) in [6.45, 7) is 6.16. The van der Waals surface area contributed by atoms with Crippen molar-refractivity contribution in [2.24, 2.45) is 5.92 Å². The molecule has 1 aromatic rings. The number of hydrogen-bond acceptors (Lipinski definition) is 4. The van der Waals surface area contributed by atoms with Gasteiger partial charge in [-0.25, -0.2) is 8.42 Å². The van der Waals surface area contributed by atoms with E-state index in [0.29, 0.717) is 13.0 Å². The molecule has 0 aliphatic carbocycles. The summed E-state index contributed by atoms with van der Waals surface area (Å²) < 4.78 is 31.7. The van der Waals surface area contributed by atoms with Crippen LogP contribution in [-0.2, 0) is 19.6 Å². The minimum Gasteiger partial charge on any atom is -0.465 e. The summed E-state index contributed by atoms with van der Waals surface area (Å²) in [4.78, 5) is 12.2. The average Bonchev–Trinajstić information content (AvgIpc) is 2.82. The topological polar surface area (TPSA) is 63.7 Å². The quantitative estimate of drug-likeness (QED) is 0.797.